The third kappa shape index (κ3) is 4.01. The summed E-state index contributed by atoms with van der Waals surface area (Å²) in [6.45, 7) is 2.04. The molecule has 6 nitrogen and oxygen atoms in total. The summed E-state index contributed by atoms with van der Waals surface area (Å²) in [5.74, 6) is -0.710. The Morgan fingerprint density at radius 2 is 1.78 bits per heavy atom. The van der Waals surface area contributed by atoms with E-state index in [0.717, 1.165) is 11.3 Å². The average molecular weight is 384 g/mol. The van der Waals surface area contributed by atoms with Crippen LogP contribution in [0.1, 0.15) is 32.0 Å². The predicted molar refractivity (Wildman–Crippen MR) is 102 cm³/mol. The lowest BCUT2D eigenvalue weighted by Crippen LogP contribution is -2.23. The van der Waals surface area contributed by atoms with E-state index in [2.05, 4.69) is 15.2 Å². The lowest BCUT2D eigenvalue weighted by molar-refractivity contribution is 0.0600. The van der Waals surface area contributed by atoms with Crippen LogP contribution in [-0.4, -0.2) is 28.8 Å². The Morgan fingerprint density at radius 3 is 2.41 bits per heavy atom. The molecule has 0 fully saturated rings. The molecule has 7 heteroatoms. The van der Waals surface area contributed by atoms with Gasteiger partial charge in [-0.05, 0) is 36.8 Å². The number of nitrogens with zero attached hydrogens (tertiary/aromatic N) is 2. The summed E-state index contributed by atoms with van der Waals surface area (Å²) in [6, 6.07) is 16.2. The maximum Gasteiger partial charge on any atom is 0.337 e. The van der Waals surface area contributed by atoms with Crippen molar-refractivity contribution in [1.82, 2.24) is 15.1 Å². The summed E-state index contributed by atoms with van der Waals surface area (Å²) < 4.78 is 6.20. The van der Waals surface area contributed by atoms with E-state index in [1.165, 1.54) is 11.8 Å². The number of halogens is 1. The van der Waals surface area contributed by atoms with Crippen LogP contribution in [0, 0.1) is 6.92 Å². The summed E-state index contributed by atoms with van der Waals surface area (Å²) in [7, 11) is 1.33. The number of carbonyl (C=O) groups is 2. The normalized spacial score (nSPS) is 10.5. The number of para-hydroxylation sites is 1. The van der Waals surface area contributed by atoms with Gasteiger partial charge in [-0.1, -0.05) is 41.9 Å². The topological polar surface area (TPSA) is 73.2 Å². The van der Waals surface area contributed by atoms with E-state index < -0.39 is 5.97 Å². The Morgan fingerprint density at radius 1 is 1.11 bits per heavy atom. The minimum Gasteiger partial charge on any atom is -0.465 e. The van der Waals surface area contributed by atoms with Gasteiger partial charge in [-0.2, -0.15) is 5.10 Å². The monoisotopic (exact) mass is 383 g/mol. The highest BCUT2D eigenvalue weighted by Crippen LogP contribution is 2.23. The molecule has 0 saturated heterocycles. The summed E-state index contributed by atoms with van der Waals surface area (Å²) in [5, 5.41) is 7.46. The number of hydrogen-bond donors (Lipinski definition) is 1. The molecule has 3 aromatic rings. The molecule has 3 rings (SSSR count). The van der Waals surface area contributed by atoms with Crippen LogP contribution >= 0.6 is 11.6 Å². The SMILES string of the molecule is COC(=O)c1ccc(CNC(=O)c2c(C)nn(-c3ccccc3)c2Cl)cc1. The molecular formula is C20H18ClN3O3. The molecule has 1 N–H and O–H groups in total. The second-order valence-corrected chi connectivity index (χ2v) is 6.23. The van der Waals surface area contributed by atoms with E-state index in [4.69, 9.17) is 11.6 Å². The highest BCUT2D eigenvalue weighted by atomic mass is 35.5. The Labute approximate surface area is 161 Å². The lowest BCUT2D eigenvalue weighted by Gasteiger charge is -2.07. The highest BCUT2D eigenvalue weighted by molar-refractivity contribution is 6.33. The molecule has 1 heterocycles. The van der Waals surface area contributed by atoms with E-state index in [0.29, 0.717) is 23.4 Å². The number of hydrogen-bond acceptors (Lipinski definition) is 4. The van der Waals surface area contributed by atoms with Gasteiger partial charge < -0.3 is 10.1 Å². The molecule has 0 aliphatic carbocycles. The number of carbonyl (C=O) groups excluding carboxylic acids is 2. The average Bonchev–Trinajstić information content (AvgIpc) is 3.00. The van der Waals surface area contributed by atoms with Gasteiger partial charge in [0.05, 0.1) is 29.6 Å². The first kappa shape index (κ1) is 18.7. The molecule has 2 aromatic carbocycles. The molecule has 0 aliphatic heterocycles. The van der Waals surface area contributed by atoms with Gasteiger partial charge in [-0.25, -0.2) is 9.48 Å². The van der Waals surface area contributed by atoms with Crippen molar-refractivity contribution in [2.24, 2.45) is 0 Å². The maximum absolute atomic E-state index is 12.6. The van der Waals surface area contributed by atoms with Gasteiger partial charge in [0.25, 0.3) is 5.91 Å². The highest BCUT2D eigenvalue weighted by Gasteiger charge is 2.20. The number of nitrogens with one attached hydrogen (secondary N) is 1. The van der Waals surface area contributed by atoms with Crippen molar-refractivity contribution in [1.29, 1.82) is 0 Å². The zero-order valence-corrected chi connectivity index (χ0v) is 15.7. The van der Waals surface area contributed by atoms with Gasteiger partial charge in [-0.15, -0.1) is 0 Å². The summed E-state index contributed by atoms with van der Waals surface area (Å²) >= 11 is 6.40. The van der Waals surface area contributed by atoms with Crippen molar-refractivity contribution in [3.05, 3.63) is 82.1 Å². The van der Waals surface area contributed by atoms with Gasteiger partial charge in [0, 0.05) is 6.54 Å². The third-order valence-electron chi connectivity index (χ3n) is 4.06. The van der Waals surface area contributed by atoms with Crippen LogP contribution in [0.15, 0.2) is 54.6 Å². The third-order valence-corrected chi connectivity index (χ3v) is 4.41. The van der Waals surface area contributed by atoms with Crippen molar-refractivity contribution in [2.75, 3.05) is 7.11 Å². The molecule has 0 unspecified atom stereocenters. The van der Waals surface area contributed by atoms with Crippen LogP contribution in [-0.2, 0) is 11.3 Å². The first-order valence-corrected chi connectivity index (χ1v) is 8.65. The number of esters is 1. The quantitative estimate of drug-likeness (QED) is 0.684. The fourth-order valence-electron chi connectivity index (χ4n) is 2.64. The van der Waals surface area contributed by atoms with Gasteiger partial charge in [-0.3, -0.25) is 4.79 Å². The summed E-state index contributed by atoms with van der Waals surface area (Å²) in [5.41, 5.74) is 2.97. The minimum atomic E-state index is -0.402. The summed E-state index contributed by atoms with van der Waals surface area (Å²) in [4.78, 5) is 24.1. The molecule has 0 bridgehead atoms. The molecule has 1 aromatic heterocycles. The number of aromatic nitrogens is 2. The molecule has 138 valence electrons. The molecule has 0 saturated carbocycles. The molecule has 0 atom stereocenters. The van der Waals surface area contributed by atoms with Crippen molar-refractivity contribution in [2.45, 2.75) is 13.5 Å². The van der Waals surface area contributed by atoms with Gasteiger partial charge in [0.15, 0.2) is 0 Å². The van der Waals surface area contributed by atoms with Gasteiger partial charge in [0.1, 0.15) is 5.15 Å². The van der Waals surface area contributed by atoms with Crippen LogP contribution in [0.4, 0.5) is 0 Å². The Balaban J connectivity index is 1.73. The smallest absolute Gasteiger partial charge is 0.337 e. The molecular weight excluding hydrogens is 366 g/mol. The Hall–Kier alpha value is -3.12. The van der Waals surface area contributed by atoms with Crippen molar-refractivity contribution in [3.8, 4) is 5.69 Å². The second-order valence-electron chi connectivity index (χ2n) is 5.87. The molecule has 1 amide bonds. The van der Waals surface area contributed by atoms with Crippen LogP contribution in [0.3, 0.4) is 0 Å². The number of aryl methyl sites for hydroxylation is 1. The number of benzene rings is 2. The van der Waals surface area contributed by atoms with E-state index in [1.807, 2.05) is 30.3 Å². The van der Waals surface area contributed by atoms with Crippen molar-refractivity contribution >= 4 is 23.5 Å². The summed E-state index contributed by atoms with van der Waals surface area (Å²) in [6.07, 6.45) is 0. The maximum atomic E-state index is 12.6. The van der Waals surface area contributed by atoms with E-state index in [-0.39, 0.29) is 11.1 Å². The van der Waals surface area contributed by atoms with Crippen LogP contribution in [0.2, 0.25) is 5.15 Å². The largest absolute Gasteiger partial charge is 0.465 e. The van der Waals surface area contributed by atoms with Gasteiger partial charge >= 0.3 is 5.97 Å². The van der Waals surface area contributed by atoms with Gasteiger partial charge in [0.2, 0.25) is 0 Å². The zero-order chi connectivity index (χ0) is 19.4. The number of ether oxygens (including phenoxy) is 1. The fourth-order valence-corrected chi connectivity index (χ4v) is 3.00. The minimum absolute atomic E-state index is 0.261. The number of amides is 1. The number of rotatable bonds is 5. The lowest BCUT2D eigenvalue weighted by atomic mass is 10.1. The standard InChI is InChI=1S/C20H18ClN3O3/c1-13-17(18(21)24(23-13)16-6-4-3-5-7-16)19(25)22-12-14-8-10-15(11-9-14)20(26)27-2/h3-11H,12H2,1-2H3,(H,22,25). The molecule has 0 aliphatic rings. The van der Waals surface area contributed by atoms with E-state index in [1.54, 1.807) is 31.2 Å². The molecule has 0 radical (unpaired) electrons. The Bertz CT molecular complexity index is 966. The first-order valence-electron chi connectivity index (χ1n) is 8.27. The van der Waals surface area contributed by atoms with Crippen molar-refractivity contribution < 1.29 is 14.3 Å². The van der Waals surface area contributed by atoms with Crippen molar-refractivity contribution in [3.63, 3.8) is 0 Å². The predicted octanol–water partition coefficient (Wildman–Crippen LogP) is 3.55. The van der Waals surface area contributed by atoms with E-state index >= 15 is 0 Å². The number of methoxy groups -OCH3 is 1. The fraction of sp³-hybridized carbons (Fsp3) is 0.150. The van der Waals surface area contributed by atoms with E-state index in [9.17, 15) is 9.59 Å². The zero-order valence-electron chi connectivity index (χ0n) is 14.9. The second kappa shape index (κ2) is 8.05. The van der Waals surface area contributed by atoms with Crippen LogP contribution < -0.4 is 5.32 Å². The van der Waals surface area contributed by atoms with Crippen LogP contribution in [0.5, 0.6) is 0 Å². The van der Waals surface area contributed by atoms with Crippen LogP contribution in [0.25, 0.3) is 5.69 Å². The molecule has 27 heavy (non-hydrogen) atoms. The molecule has 0 spiro atoms. The first-order chi connectivity index (χ1) is 13.0. The Kier molecular flexibility index (Phi) is 5.57.